The number of hydrogen-bond acceptors (Lipinski definition) is 4. The van der Waals surface area contributed by atoms with Gasteiger partial charge in [0.2, 0.25) is 11.8 Å². The number of ether oxygens (including phenoxy) is 1. The second-order valence-electron chi connectivity index (χ2n) is 8.38. The molecule has 0 aliphatic carbocycles. The number of benzene rings is 4. The summed E-state index contributed by atoms with van der Waals surface area (Å²) in [5.41, 5.74) is 7.47. The molecule has 172 valence electrons. The predicted octanol–water partition coefficient (Wildman–Crippen LogP) is 7.99. The lowest BCUT2D eigenvalue weighted by Gasteiger charge is -2.14. The Morgan fingerprint density at radius 1 is 0.714 bits per heavy atom. The number of aromatic nitrogens is 2. The molecule has 35 heavy (non-hydrogen) atoms. The van der Waals surface area contributed by atoms with Gasteiger partial charge in [-0.15, -0.1) is 10.2 Å². The van der Waals surface area contributed by atoms with Crippen LogP contribution in [0.1, 0.15) is 29.7 Å². The van der Waals surface area contributed by atoms with Gasteiger partial charge in [0.05, 0.1) is 12.7 Å². The third kappa shape index (κ3) is 5.29. The summed E-state index contributed by atoms with van der Waals surface area (Å²) in [6.07, 6.45) is 1.84. The van der Waals surface area contributed by atoms with Crippen molar-refractivity contribution in [2.45, 2.75) is 19.6 Å². The highest BCUT2D eigenvalue weighted by atomic mass is 16.5. The Balaban J connectivity index is 1.23. The van der Waals surface area contributed by atoms with Gasteiger partial charge in [0.25, 0.3) is 0 Å². The van der Waals surface area contributed by atoms with Gasteiger partial charge in [0.1, 0.15) is 0 Å². The van der Waals surface area contributed by atoms with Crippen LogP contribution in [0.3, 0.4) is 0 Å². The van der Waals surface area contributed by atoms with Gasteiger partial charge in [-0.25, -0.2) is 0 Å². The first-order valence-electron chi connectivity index (χ1n) is 11.6. The molecule has 0 aliphatic rings. The highest BCUT2D eigenvalue weighted by molar-refractivity contribution is 5.68. The Labute approximate surface area is 205 Å². The van der Waals surface area contributed by atoms with E-state index in [1.54, 1.807) is 0 Å². The molecule has 4 heteroatoms. The Morgan fingerprint density at radius 2 is 1.26 bits per heavy atom. The van der Waals surface area contributed by atoms with Crippen LogP contribution in [0.4, 0.5) is 0 Å². The molecule has 0 saturated heterocycles. The van der Waals surface area contributed by atoms with Gasteiger partial charge >= 0.3 is 0 Å². The van der Waals surface area contributed by atoms with Crippen molar-refractivity contribution in [2.24, 2.45) is 0 Å². The molecular formula is C31H26N2O2. The minimum atomic E-state index is 0.00171. The monoisotopic (exact) mass is 458 g/mol. The molecule has 0 amide bonds. The third-order valence-electron chi connectivity index (χ3n) is 6.01. The molecule has 1 aromatic heterocycles. The van der Waals surface area contributed by atoms with Crippen LogP contribution in [0, 0.1) is 0 Å². The molecule has 0 N–H and O–H groups in total. The lowest BCUT2D eigenvalue weighted by Crippen LogP contribution is -2.00. The maximum atomic E-state index is 6.08. The highest BCUT2D eigenvalue weighted by Gasteiger charge is 2.11. The Morgan fingerprint density at radius 3 is 1.86 bits per heavy atom. The van der Waals surface area contributed by atoms with Crippen LogP contribution < -0.4 is 0 Å². The van der Waals surface area contributed by atoms with Crippen molar-refractivity contribution in [1.29, 1.82) is 0 Å². The van der Waals surface area contributed by atoms with E-state index >= 15 is 0 Å². The molecule has 5 aromatic rings. The first-order valence-corrected chi connectivity index (χ1v) is 11.6. The fourth-order valence-electron chi connectivity index (χ4n) is 3.86. The van der Waals surface area contributed by atoms with Crippen molar-refractivity contribution >= 4 is 6.08 Å². The summed E-state index contributed by atoms with van der Waals surface area (Å²) < 4.78 is 12.0. The van der Waals surface area contributed by atoms with E-state index in [0.29, 0.717) is 18.4 Å². The van der Waals surface area contributed by atoms with Crippen LogP contribution >= 0.6 is 0 Å². The maximum absolute atomic E-state index is 6.08. The van der Waals surface area contributed by atoms with Crippen LogP contribution in [0.15, 0.2) is 114 Å². The zero-order chi connectivity index (χ0) is 24.0. The van der Waals surface area contributed by atoms with E-state index in [1.807, 2.05) is 48.5 Å². The summed E-state index contributed by atoms with van der Waals surface area (Å²) in [6.45, 7) is 6.44. The van der Waals surface area contributed by atoms with Crippen LogP contribution in [-0.2, 0) is 11.3 Å². The molecule has 0 aliphatic heterocycles. The summed E-state index contributed by atoms with van der Waals surface area (Å²) in [7, 11) is 0. The SMILES string of the molecule is C=Cc1ccc(COC(C)c2ccc(-c3ccc(-c4nnc(-c5ccccc5)o4)cc3)cc2)cc1. The van der Waals surface area contributed by atoms with E-state index in [9.17, 15) is 0 Å². The van der Waals surface area contributed by atoms with Crippen molar-refractivity contribution < 1.29 is 9.15 Å². The summed E-state index contributed by atoms with van der Waals surface area (Å²) in [5, 5.41) is 8.39. The van der Waals surface area contributed by atoms with E-state index in [1.165, 1.54) is 0 Å². The van der Waals surface area contributed by atoms with Crippen LogP contribution in [0.2, 0.25) is 0 Å². The molecule has 5 rings (SSSR count). The Kier molecular flexibility index (Phi) is 6.64. The van der Waals surface area contributed by atoms with E-state index < -0.39 is 0 Å². The van der Waals surface area contributed by atoms with Gasteiger partial charge < -0.3 is 9.15 Å². The Hall–Kier alpha value is -4.28. The second-order valence-corrected chi connectivity index (χ2v) is 8.38. The minimum absolute atomic E-state index is 0.00171. The molecule has 0 spiro atoms. The highest BCUT2D eigenvalue weighted by Crippen LogP contribution is 2.28. The fraction of sp³-hybridized carbons (Fsp3) is 0.0968. The van der Waals surface area contributed by atoms with Gasteiger partial charge in [-0.1, -0.05) is 91.5 Å². The van der Waals surface area contributed by atoms with Gasteiger partial charge in [-0.05, 0) is 59.0 Å². The fourth-order valence-corrected chi connectivity index (χ4v) is 3.86. The first kappa shape index (κ1) is 22.5. The van der Waals surface area contributed by atoms with Gasteiger partial charge in [0, 0.05) is 11.1 Å². The van der Waals surface area contributed by atoms with Gasteiger partial charge in [-0.3, -0.25) is 0 Å². The van der Waals surface area contributed by atoms with Crippen LogP contribution in [0.25, 0.3) is 40.1 Å². The zero-order valence-corrected chi connectivity index (χ0v) is 19.6. The number of nitrogens with zero attached hydrogens (tertiary/aromatic N) is 2. The number of hydrogen-bond donors (Lipinski definition) is 0. The van der Waals surface area contributed by atoms with Gasteiger partial charge in [-0.2, -0.15) is 0 Å². The molecule has 0 fully saturated rings. The van der Waals surface area contributed by atoms with Crippen LogP contribution in [0.5, 0.6) is 0 Å². The van der Waals surface area contributed by atoms with Gasteiger partial charge in [0.15, 0.2) is 0 Å². The molecule has 1 atom stereocenters. The minimum Gasteiger partial charge on any atom is -0.416 e. The molecule has 1 unspecified atom stereocenters. The molecule has 4 aromatic carbocycles. The third-order valence-corrected chi connectivity index (χ3v) is 6.01. The first-order chi connectivity index (χ1) is 17.2. The largest absolute Gasteiger partial charge is 0.416 e. The lowest BCUT2D eigenvalue weighted by molar-refractivity contribution is 0.0526. The summed E-state index contributed by atoms with van der Waals surface area (Å²) in [6, 6.07) is 34.7. The van der Waals surface area contributed by atoms with E-state index in [4.69, 9.17) is 9.15 Å². The topological polar surface area (TPSA) is 48.2 Å². The van der Waals surface area contributed by atoms with E-state index in [-0.39, 0.29) is 6.10 Å². The molecule has 0 radical (unpaired) electrons. The summed E-state index contributed by atoms with van der Waals surface area (Å²) in [5.74, 6) is 1.03. The molecular weight excluding hydrogens is 432 g/mol. The van der Waals surface area contributed by atoms with Crippen LogP contribution in [-0.4, -0.2) is 10.2 Å². The quantitative estimate of drug-likeness (QED) is 0.236. The number of rotatable bonds is 8. The summed E-state index contributed by atoms with van der Waals surface area (Å²) in [4.78, 5) is 0. The van der Waals surface area contributed by atoms with Crippen molar-refractivity contribution in [3.63, 3.8) is 0 Å². The standard InChI is InChI=1S/C31H26N2O2/c1-3-23-9-11-24(12-10-23)21-34-22(2)25-13-15-26(16-14-25)27-17-19-29(20-18-27)31-33-32-30(35-31)28-7-5-4-6-8-28/h3-20,22H,1,21H2,2H3. The average molecular weight is 459 g/mol. The normalized spacial score (nSPS) is 11.8. The smallest absolute Gasteiger partial charge is 0.248 e. The summed E-state index contributed by atoms with van der Waals surface area (Å²) >= 11 is 0. The zero-order valence-electron chi connectivity index (χ0n) is 19.6. The van der Waals surface area contributed by atoms with Crippen molar-refractivity contribution in [1.82, 2.24) is 10.2 Å². The van der Waals surface area contributed by atoms with Crippen molar-refractivity contribution in [3.05, 3.63) is 126 Å². The van der Waals surface area contributed by atoms with E-state index in [0.717, 1.165) is 38.9 Å². The molecule has 0 saturated carbocycles. The Bertz CT molecular complexity index is 1390. The van der Waals surface area contributed by atoms with E-state index in [2.05, 4.69) is 84.4 Å². The van der Waals surface area contributed by atoms with Crippen molar-refractivity contribution in [3.8, 4) is 34.0 Å². The molecule has 1 heterocycles. The molecule has 4 nitrogen and oxygen atoms in total. The maximum Gasteiger partial charge on any atom is 0.248 e. The predicted molar refractivity (Wildman–Crippen MR) is 140 cm³/mol. The second kappa shape index (κ2) is 10.3. The van der Waals surface area contributed by atoms with Crippen molar-refractivity contribution in [2.75, 3.05) is 0 Å². The lowest BCUT2D eigenvalue weighted by atomic mass is 10.0. The molecule has 0 bridgehead atoms. The average Bonchev–Trinajstić information content (AvgIpc) is 3.43.